The van der Waals surface area contributed by atoms with Gasteiger partial charge in [-0.1, -0.05) is 54.6 Å². The maximum Gasteiger partial charge on any atom is 0.220 e. The maximum atomic E-state index is 12.6. The largest absolute Gasteiger partial charge is 0.497 e. The Kier molecular flexibility index (Phi) is 7.28. The van der Waals surface area contributed by atoms with Gasteiger partial charge in [0.2, 0.25) is 5.91 Å². The lowest BCUT2D eigenvalue weighted by Gasteiger charge is -2.21. The lowest BCUT2D eigenvalue weighted by molar-refractivity contribution is -0.121. The van der Waals surface area contributed by atoms with Crippen LogP contribution >= 0.6 is 0 Å². The van der Waals surface area contributed by atoms with E-state index in [1.165, 1.54) is 0 Å². The molecular formula is C25H27NO3. The number of nitrogens with one attached hydrogen (secondary N) is 1. The average molecular weight is 389 g/mol. The fraction of sp³-hybridized carbons (Fsp3) is 0.240. The van der Waals surface area contributed by atoms with Crippen molar-refractivity contribution in [2.45, 2.75) is 25.8 Å². The summed E-state index contributed by atoms with van der Waals surface area (Å²) in [5.74, 6) is 1.58. The summed E-state index contributed by atoms with van der Waals surface area (Å²) < 4.78 is 10.8. The van der Waals surface area contributed by atoms with Gasteiger partial charge in [0.15, 0.2) is 0 Å². The van der Waals surface area contributed by atoms with Crippen LogP contribution < -0.4 is 14.8 Å². The van der Waals surface area contributed by atoms with Gasteiger partial charge in [0.25, 0.3) is 0 Å². The molecule has 0 aliphatic heterocycles. The molecule has 150 valence electrons. The number of hydrogen-bond donors (Lipinski definition) is 1. The van der Waals surface area contributed by atoms with Crippen molar-refractivity contribution < 1.29 is 14.3 Å². The van der Waals surface area contributed by atoms with E-state index >= 15 is 0 Å². The summed E-state index contributed by atoms with van der Waals surface area (Å²) in [5.41, 5.74) is 3.34. The normalized spacial score (nSPS) is 11.5. The fourth-order valence-electron chi connectivity index (χ4n) is 3.22. The van der Waals surface area contributed by atoms with Crippen molar-refractivity contribution in [3.63, 3.8) is 0 Å². The van der Waals surface area contributed by atoms with Crippen molar-refractivity contribution in [1.29, 1.82) is 0 Å². The van der Waals surface area contributed by atoms with E-state index in [4.69, 9.17) is 9.47 Å². The highest BCUT2D eigenvalue weighted by molar-refractivity contribution is 5.77. The van der Waals surface area contributed by atoms with Gasteiger partial charge in [0, 0.05) is 6.42 Å². The van der Waals surface area contributed by atoms with Crippen LogP contribution in [0.4, 0.5) is 0 Å². The molecule has 0 bridgehead atoms. The summed E-state index contributed by atoms with van der Waals surface area (Å²) in [5, 5.41) is 3.19. The van der Waals surface area contributed by atoms with Crippen LogP contribution in [0.1, 0.15) is 35.6 Å². The molecule has 4 heteroatoms. The van der Waals surface area contributed by atoms with Crippen molar-refractivity contribution in [3.8, 4) is 11.5 Å². The van der Waals surface area contributed by atoms with Gasteiger partial charge in [-0.25, -0.2) is 0 Å². The molecule has 0 aliphatic rings. The predicted octanol–water partition coefficient (Wildman–Crippen LogP) is 5.07. The first-order chi connectivity index (χ1) is 14.2. The minimum Gasteiger partial charge on any atom is -0.497 e. The van der Waals surface area contributed by atoms with E-state index in [-0.39, 0.29) is 11.9 Å². The molecule has 1 N–H and O–H groups in total. The molecule has 1 atom stereocenters. The molecule has 0 saturated carbocycles. The van der Waals surface area contributed by atoms with Crippen molar-refractivity contribution >= 4 is 5.91 Å². The Balaban J connectivity index is 1.56. The molecule has 0 fully saturated rings. The van der Waals surface area contributed by atoms with Gasteiger partial charge in [-0.05, 0) is 54.3 Å². The zero-order valence-corrected chi connectivity index (χ0v) is 16.9. The Bertz CT molecular complexity index is 907. The van der Waals surface area contributed by atoms with E-state index < -0.39 is 0 Å². The van der Waals surface area contributed by atoms with E-state index in [0.717, 1.165) is 28.2 Å². The first kappa shape index (κ1) is 20.5. The van der Waals surface area contributed by atoms with E-state index in [1.807, 2.05) is 66.7 Å². The van der Waals surface area contributed by atoms with Crippen LogP contribution in [0, 0.1) is 6.92 Å². The lowest BCUT2D eigenvalue weighted by Crippen LogP contribution is -2.29. The van der Waals surface area contributed by atoms with Crippen molar-refractivity contribution in [3.05, 3.63) is 95.6 Å². The van der Waals surface area contributed by atoms with E-state index in [9.17, 15) is 4.79 Å². The third kappa shape index (κ3) is 5.85. The second-order valence-corrected chi connectivity index (χ2v) is 6.90. The molecule has 4 nitrogen and oxygen atoms in total. The number of carbonyl (C=O) groups excluding carboxylic acids is 1. The molecule has 0 radical (unpaired) electrons. The molecule has 0 saturated heterocycles. The Hall–Kier alpha value is -3.27. The fourth-order valence-corrected chi connectivity index (χ4v) is 3.22. The van der Waals surface area contributed by atoms with Crippen LogP contribution in [0.25, 0.3) is 0 Å². The van der Waals surface area contributed by atoms with E-state index in [0.29, 0.717) is 19.4 Å². The first-order valence-electron chi connectivity index (χ1n) is 9.84. The maximum absolute atomic E-state index is 12.6. The van der Waals surface area contributed by atoms with Gasteiger partial charge < -0.3 is 14.8 Å². The van der Waals surface area contributed by atoms with Crippen LogP contribution in [-0.2, 0) is 4.79 Å². The molecule has 0 spiro atoms. The van der Waals surface area contributed by atoms with Crippen LogP contribution in [0.5, 0.6) is 11.5 Å². The molecule has 1 amide bonds. The minimum atomic E-state index is -0.160. The third-order valence-corrected chi connectivity index (χ3v) is 4.81. The van der Waals surface area contributed by atoms with Crippen LogP contribution in [0.15, 0.2) is 78.9 Å². The number of carbonyl (C=O) groups is 1. The Morgan fingerprint density at radius 3 is 2.24 bits per heavy atom. The van der Waals surface area contributed by atoms with Gasteiger partial charge >= 0.3 is 0 Å². The zero-order valence-electron chi connectivity index (χ0n) is 16.9. The van der Waals surface area contributed by atoms with E-state index in [2.05, 4.69) is 24.4 Å². The summed E-state index contributed by atoms with van der Waals surface area (Å²) in [6, 6.07) is 25.5. The molecule has 0 heterocycles. The summed E-state index contributed by atoms with van der Waals surface area (Å²) in [7, 11) is 1.63. The van der Waals surface area contributed by atoms with Crippen LogP contribution in [0.3, 0.4) is 0 Å². The highest BCUT2D eigenvalue weighted by Gasteiger charge is 2.18. The van der Waals surface area contributed by atoms with Crippen molar-refractivity contribution in [2.24, 2.45) is 0 Å². The standard InChI is InChI=1S/C25H27NO3/c1-19-9-6-7-12-23(19)25(20-10-4-3-5-11-20)26-24(27)13-8-18-29-22-16-14-21(28-2)15-17-22/h3-7,9-12,14-17,25H,8,13,18H2,1-2H3,(H,26,27)/t25-/m1/s1. The predicted molar refractivity (Wildman–Crippen MR) is 115 cm³/mol. The number of benzene rings is 3. The SMILES string of the molecule is COc1ccc(OCCCC(=O)N[C@H](c2ccccc2)c2ccccc2C)cc1. The molecule has 0 aromatic heterocycles. The first-order valence-corrected chi connectivity index (χ1v) is 9.84. The Morgan fingerprint density at radius 1 is 0.897 bits per heavy atom. The highest BCUT2D eigenvalue weighted by atomic mass is 16.5. The summed E-state index contributed by atoms with van der Waals surface area (Å²) >= 11 is 0. The van der Waals surface area contributed by atoms with Gasteiger partial charge in [-0.15, -0.1) is 0 Å². The molecule has 0 unspecified atom stereocenters. The molecule has 3 rings (SSSR count). The van der Waals surface area contributed by atoms with Crippen molar-refractivity contribution in [2.75, 3.05) is 13.7 Å². The number of hydrogen-bond acceptors (Lipinski definition) is 3. The smallest absolute Gasteiger partial charge is 0.220 e. The number of ether oxygens (including phenoxy) is 2. The zero-order chi connectivity index (χ0) is 20.5. The Morgan fingerprint density at radius 2 is 1.55 bits per heavy atom. The van der Waals surface area contributed by atoms with Gasteiger partial charge in [0.1, 0.15) is 11.5 Å². The summed E-state index contributed by atoms with van der Waals surface area (Å²) in [6.45, 7) is 2.56. The number of aryl methyl sites for hydroxylation is 1. The second kappa shape index (κ2) is 10.3. The molecule has 3 aromatic rings. The monoisotopic (exact) mass is 389 g/mol. The summed E-state index contributed by atoms with van der Waals surface area (Å²) in [4.78, 5) is 12.6. The number of methoxy groups -OCH3 is 1. The highest BCUT2D eigenvalue weighted by Crippen LogP contribution is 2.25. The molecule has 29 heavy (non-hydrogen) atoms. The Labute approximate surface area is 172 Å². The van der Waals surface area contributed by atoms with Crippen LogP contribution in [-0.4, -0.2) is 19.6 Å². The summed E-state index contributed by atoms with van der Waals surface area (Å²) in [6.07, 6.45) is 1.05. The lowest BCUT2D eigenvalue weighted by atomic mass is 9.95. The number of rotatable bonds is 9. The minimum absolute atomic E-state index is 0.0143. The quantitative estimate of drug-likeness (QED) is 0.520. The van der Waals surface area contributed by atoms with Gasteiger partial charge in [-0.3, -0.25) is 4.79 Å². The molecule has 0 aliphatic carbocycles. The third-order valence-electron chi connectivity index (χ3n) is 4.81. The average Bonchev–Trinajstić information content (AvgIpc) is 2.77. The van der Waals surface area contributed by atoms with Crippen molar-refractivity contribution in [1.82, 2.24) is 5.32 Å². The van der Waals surface area contributed by atoms with Crippen LogP contribution in [0.2, 0.25) is 0 Å². The topological polar surface area (TPSA) is 47.6 Å². The van der Waals surface area contributed by atoms with E-state index in [1.54, 1.807) is 7.11 Å². The van der Waals surface area contributed by atoms with Gasteiger partial charge in [0.05, 0.1) is 19.8 Å². The number of amides is 1. The molecular weight excluding hydrogens is 362 g/mol. The molecule has 3 aromatic carbocycles. The van der Waals surface area contributed by atoms with Gasteiger partial charge in [-0.2, -0.15) is 0 Å². The second-order valence-electron chi connectivity index (χ2n) is 6.90.